The van der Waals surface area contributed by atoms with E-state index in [1.54, 1.807) is 0 Å². The fraction of sp³-hybridized carbons (Fsp3) is 0.750. The van der Waals surface area contributed by atoms with Gasteiger partial charge in [0.2, 0.25) is 0 Å². The van der Waals surface area contributed by atoms with Crippen LogP contribution in [0.3, 0.4) is 0 Å². The highest BCUT2D eigenvalue weighted by molar-refractivity contribution is 7.80. The number of hydrogen-bond acceptors (Lipinski definition) is 3. The van der Waals surface area contributed by atoms with E-state index in [2.05, 4.69) is 0 Å². The van der Waals surface area contributed by atoms with Gasteiger partial charge in [0.05, 0.1) is 6.61 Å². The lowest BCUT2D eigenvalue weighted by Crippen LogP contribution is -2.38. The third kappa shape index (κ3) is 2.44. The number of likely N-dealkylation sites (tertiary alicyclic amines) is 1. The van der Waals surface area contributed by atoms with Gasteiger partial charge in [0, 0.05) is 25.9 Å². The van der Waals surface area contributed by atoms with Gasteiger partial charge in [-0.25, -0.2) is 0 Å². The molecule has 0 unspecified atom stereocenters. The Bertz CT molecular complexity index is 183. The third-order valence-electron chi connectivity index (χ3n) is 1.85. The minimum atomic E-state index is 0.325. The van der Waals surface area contributed by atoms with Crippen LogP contribution in [-0.2, 0) is 9.53 Å². The topological polar surface area (TPSA) is 29.5 Å². The Morgan fingerprint density at radius 3 is 2.67 bits per heavy atom. The molecule has 1 saturated heterocycles. The van der Waals surface area contributed by atoms with Crippen molar-refractivity contribution in [3.8, 4) is 0 Å². The Kier molecular flexibility index (Phi) is 3.47. The Hall–Kier alpha value is -0.640. The van der Waals surface area contributed by atoms with Crippen molar-refractivity contribution >= 4 is 23.2 Å². The van der Waals surface area contributed by atoms with Crippen molar-refractivity contribution in [1.82, 2.24) is 4.90 Å². The Morgan fingerprint density at radius 1 is 1.58 bits per heavy atom. The summed E-state index contributed by atoms with van der Waals surface area (Å²) >= 11 is 5.00. The van der Waals surface area contributed by atoms with Crippen LogP contribution in [0.5, 0.6) is 0 Å². The van der Waals surface area contributed by atoms with Crippen LogP contribution in [-0.4, -0.2) is 35.6 Å². The standard InChI is InChI=1S/C8H13NO2S/c1-2-11-8(12)9-5-3-7(10)4-6-9/h2-6H2,1H3. The highest BCUT2D eigenvalue weighted by Crippen LogP contribution is 2.07. The second-order valence-electron chi connectivity index (χ2n) is 2.72. The molecule has 0 saturated carbocycles. The van der Waals surface area contributed by atoms with Crippen molar-refractivity contribution in [3.63, 3.8) is 0 Å². The third-order valence-corrected chi connectivity index (χ3v) is 2.22. The molecule has 0 aromatic heterocycles. The maximum atomic E-state index is 10.9. The molecule has 1 aliphatic heterocycles. The number of hydrogen-bond donors (Lipinski definition) is 0. The number of ketones is 1. The van der Waals surface area contributed by atoms with E-state index in [9.17, 15) is 4.79 Å². The number of Topliss-reactive ketones (excluding diaryl/α,β-unsaturated/α-hetero) is 1. The number of ether oxygens (including phenoxy) is 1. The summed E-state index contributed by atoms with van der Waals surface area (Å²) < 4.78 is 5.16. The normalized spacial score (nSPS) is 17.8. The molecular formula is C8H13NO2S. The number of piperidine rings is 1. The Morgan fingerprint density at radius 2 is 2.17 bits per heavy atom. The number of carbonyl (C=O) groups is 1. The predicted molar refractivity (Wildman–Crippen MR) is 50.0 cm³/mol. The average molecular weight is 187 g/mol. The minimum Gasteiger partial charge on any atom is -0.471 e. The molecule has 0 amide bonds. The molecule has 1 rings (SSSR count). The summed E-state index contributed by atoms with van der Waals surface area (Å²) in [6.45, 7) is 3.94. The van der Waals surface area contributed by atoms with E-state index in [0.717, 1.165) is 13.1 Å². The number of nitrogens with zero attached hydrogens (tertiary/aromatic N) is 1. The van der Waals surface area contributed by atoms with Gasteiger partial charge in [-0.05, 0) is 19.1 Å². The van der Waals surface area contributed by atoms with E-state index < -0.39 is 0 Å². The van der Waals surface area contributed by atoms with Crippen LogP contribution in [0.1, 0.15) is 19.8 Å². The summed E-state index contributed by atoms with van der Waals surface area (Å²) in [5.74, 6) is 0.325. The van der Waals surface area contributed by atoms with Crippen LogP contribution in [0, 0.1) is 0 Å². The van der Waals surface area contributed by atoms with Crippen LogP contribution in [0.25, 0.3) is 0 Å². The molecule has 4 heteroatoms. The molecule has 1 aliphatic rings. The lowest BCUT2D eigenvalue weighted by atomic mass is 10.1. The molecular weight excluding hydrogens is 174 g/mol. The highest BCUT2D eigenvalue weighted by Gasteiger charge is 2.18. The predicted octanol–water partition coefficient (Wildman–Crippen LogP) is 0.973. The molecule has 3 nitrogen and oxygen atoms in total. The lowest BCUT2D eigenvalue weighted by molar-refractivity contribution is -0.120. The molecule has 0 aromatic carbocycles. The molecule has 0 aliphatic carbocycles. The molecule has 0 spiro atoms. The van der Waals surface area contributed by atoms with E-state index in [-0.39, 0.29) is 0 Å². The molecule has 1 heterocycles. The van der Waals surface area contributed by atoms with Gasteiger partial charge in [-0.1, -0.05) is 0 Å². The smallest absolute Gasteiger partial charge is 0.259 e. The number of rotatable bonds is 1. The van der Waals surface area contributed by atoms with E-state index >= 15 is 0 Å². The second-order valence-corrected chi connectivity index (χ2v) is 3.07. The lowest BCUT2D eigenvalue weighted by Gasteiger charge is -2.27. The average Bonchev–Trinajstić information content (AvgIpc) is 2.06. The Balaban J connectivity index is 2.33. The summed E-state index contributed by atoms with van der Waals surface area (Å²) in [6.07, 6.45) is 1.21. The molecule has 0 bridgehead atoms. The first kappa shape index (κ1) is 9.45. The molecule has 1 fully saturated rings. The van der Waals surface area contributed by atoms with Crippen LogP contribution in [0.15, 0.2) is 0 Å². The maximum absolute atomic E-state index is 10.9. The quantitative estimate of drug-likeness (QED) is 0.572. The highest BCUT2D eigenvalue weighted by atomic mass is 32.1. The summed E-state index contributed by atoms with van der Waals surface area (Å²) in [4.78, 5) is 12.8. The van der Waals surface area contributed by atoms with Crippen molar-refractivity contribution < 1.29 is 9.53 Å². The first-order chi connectivity index (χ1) is 5.74. The van der Waals surface area contributed by atoms with Crippen LogP contribution in [0.2, 0.25) is 0 Å². The van der Waals surface area contributed by atoms with Gasteiger partial charge < -0.3 is 9.64 Å². The van der Waals surface area contributed by atoms with Crippen molar-refractivity contribution in [2.45, 2.75) is 19.8 Å². The van der Waals surface area contributed by atoms with Crippen molar-refractivity contribution in [3.05, 3.63) is 0 Å². The van der Waals surface area contributed by atoms with Gasteiger partial charge in [0.1, 0.15) is 5.78 Å². The van der Waals surface area contributed by atoms with Gasteiger partial charge in [-0.15, -0.1) is 0 Å². The van der Waals surface area contributed by atoms with E-state index in [1.165, 1.54) is 0 Å². The van der Waals surface area contributed by atoms with Gasteiger partial charge in [-0.2, -0.15) is 0 Å². The summed E-state index contributed by atoms with van der Waals surface area (Å²) in [5.41, 5.74) is 0. The fourth-order valence-corrected chi connectivity index (χ4v) is 1.45. The molecule has 0 radical (unpaired) electrons. The zero-order chi connectivity index (χ0) is 8.97. The largest absolute Gasteiger partial charge is 0.471 e. The van der Waals surface area contributed by atoms with Crippen molar-refractivity contribution in [2.24, 2.45) is 0 Å². The zero-order valence-corrected chi connectivity index (χ0v) is 8.02. The summed E-state index contributed by atoms with van der Waals surface area (Å²) in [7, 11) is 0. The van der Waals surface area contributed by atoms with Gasteiger partial charge in [-0.3, -0.25) is 4.79 Å². The van der Waals surface area contributed by atoms with E-state index in [0.29, 0.717) is 30.4 Å². The minimum absolute atomic E-state index is 0.325. The SMILES string of the molecule is CCOC(=S)N1CCC(=O)CC1. The van der Waals surface area contributed by atoms with Gasteiger partial charge >= 0.3 is 0 Å². The first-order valence-corrected chi connectivity index (χ1v) is 4.58. The second kappa shape index (κ2) is 4.40. The monoisotopic (exact) mass is 187 g/mol. The first-order valence-electron chi connectivity index (χ1n) is 4.17. The maximum Gasteiger partial charge on any atom is 0.259 e. The zero-order valence-electron chi connectivity index (χ0n) is 7.21. The summed E-state index contributed by atoms with van der Waals surface area (Å²) in [6, 6.07) is 0. The van der Waals surface area contributed by atoms with Crippen molar-refractivity contribution in [1.29, 1.82) is 0 Å². The Labute approximate surface area is 77.7 Å². The van der Waals surface area contributed by atoms with Gasteiger partial charge in [0.15, 0.2) is 0 Å². The van der Waals surface area contributed by atoms with Crippen LogP contribution >= 0.6 is 12.2 Å². The summed E-state index contributed by atoms with van der Waals surface area (Å²) in [5, 5.41) is 0.532. The van der Waals surface area contributed by atoms with Crippen molar-refractivity contribution in [2.75, 3.05) is 19.7 Å². The number of thiocarbonyl (C=S) groups is 1. The van der Waals surface area contributed by atoms with Crippen LogP contribution < -0.4 is 0 Å². The van der Waals surface area contributed by atoms with E-state index in [4.69, 9.17) is 17.0 Å². The molecule has 68 valence electrons. The van der Waals surface area contributed by atoms with Crippen LogP contribution in [0.4, 0.5) is 0 Å². The van der Waals surface area contributed by atoms with Gasteiger partial charge in [0.25, 0.3) is 5.17 Å². The fourth-order valence-electron chi connectivity index (χ4n) is 1.15. The molecule has 12 heavy (non-hydrogen) atoms. The molecule has 0 aromatic rings. The molecule has 0 N–H and O–H groups in total. The van der Waals surface area contributed by atoms with E-state index in [1.807, 2.05) is 11.8 Å². The number of carbonyl (C=O) groups excluding carboxylic acids is 1. The molecule has 0 atom stereocenters.